The summed E-state index contributed by atoms with van der Waals surface area (Å²) in [5.41, 5.74) is 0. The van der Waals surface area contributed by atoms with Crippen LogP contribution >= 0.6 is 27.3 Å². The molecule has 0 saturated carbocycles. The second kappa shape index (κ2) is 6.48. The number of nitrogens with zero attached hydrogens (tertiary/aromatic N) is 5. The van der Waals surface area contributed by atoms with Crippen molar-refractivity contribution in [2.24, 2.45) is 0 Å². The van der Waals surface area contributed by atoms with Crippen molar-refractivity contribution in [3.8, 4) is 16.6 Å². The largest absolute Gasteiger partial charge is 0.487 e. The molecule has 0 aliphatic carbocycles. The smallest absolute Gasteiger partial charge is 0.233 e. The lowest BCUT2D eigenvalue weighted by molar-refractivity contribution is 0.223. The van der Waals surface area contributed by atoms with E-state index < -0.39 is 0 Å². The van der Waals surface area contributed by atoms with Gasteiger partial charge in [0.1, 0.15) is 11.9 Å². The average molecular weight is 408 g/mol. The SMILES string of the molecule is Cc1nc(-c2nnc(N3CCC(Oc4ccccc4Br)C3)s2)no1. The molecule has 3 heterocycles. The number of aromatic nitrogens is 4. The topological polar surface area (TPSA) is 77.2 Å². The fraction of sp³-hybridized carbons (Fsp3) is 0.333. The number of hydrogen-bond acceptors (Lipinski definition) is 8. The third kappa shape index (κ3) is 3.13. The van der Waals surface area contributed by atoms with Crippen LogP contribution in [0.1, 0.15) is 12.3 Å². The highest BCUT2D eigenvalue weighted by Gasteiger charge is 2.27. The first-order valence-electron chi connectivity index (χ1n) is 7.49. The molecule has 124 valence electrons. The average Bonchev–Trinajstić information content (AvgIpc) is 3.29. The van der Waals surface area contributed by atoms with Crippen LogP contribution in [0.5, 0.6) is 5.75 Å². The van der Waals surface area contributed by atoms with E-state index in [2.05, 4.69) is 41.2 Å². The highest BCUT2D eigenvalue weighted by molar-refractivity contribution is 9.10. The Bertz CT molecular complexity index is 852. The van der Waals surface area contributed by atoms with Gasteiger partial charge in [-0.2, -0.15) is 4.98 Å². The van der Waals surface area contributed by atoms with Crippen LogP contribution in [0.3, 0.4) is 0 Å². The molecule has 1 unspecified atom stereocenters. The Hall–Kier alpha value is -2.00. The molecule has 0 N–H and O–H groups in total. The summed E-state index contributed by atoms with van der Waals surface area (Å²) < 4.78 is 12.0. The number of anilines is 1. The molecular weight excluding hydrogens is 394 g/mol. The minimum absolute atomic E-state index is 0.128. The highest BCUT2D eigenvalue weighted by Crippen LogP contribution is 2.31. The number of para-hydroxylation sites is 1. The summed E-state index contributed by atoms with van der Waals surface area (Å²) in [5.74, 6) is 1.87. The lowest BCUT2D eigenvalue weighted by Crippen LogP contribution is -2.24. The lowest BCUT2D eigenvalue weighted by Gasteiger charge is -2.16. The molecule has 0 spiro atoms. The number of aryl methyl sites for hydroxylation is 1. The number of ether oxygens (including phenoxy) is 1. The fourth-order valence-corrected chi connectivity index (χ4v) is 3.72. The van der Waals surface area contributed by atoms with Gasteiger partial charge in [-0.15, -0.1) is 10.2 Å². The zero-order valence-corrected chi connectivity index (χ0v) is 15.2. The van der Waals surface area contributed by atoms with E-state index in [4.69, 9.17) is 9.26 Å². The molecule has 1 atom stereocenters. The minimum Gasteiger partial charge on any atom is -0.487 e. The standard InChI is InChI=1S/C15H14BrN5O2S/c1-9-17-13(20-23-9)14-18-19-15(24-14)21-7-6-10(8-21)22-12-5-3-2-4-11(12)16/h2-5,10H,6-8H2,1H3. The normalized spacial score (nSPS) is 17.4. The zero-order valence-electron chi connectivity index (χ0n) is 12.8. The van der Waals surface area contributed by atoms with Crippen molar-refractivity contribution in [2.75, 3.05) is 18.0 Å². The molecule has 1 aliphatic heterocycles. The fourth-order valence-electron chi connectivity index (χ4n) is 2.54. The summed E-state index contributed by atoms with van der Waals surface area (Å²) in [6, 6.07) is 7.89. The Morgan fingerprint density at radius 1 is 1.33 bits per heavy atom. The first kappa shape index (κ1) is 15.5. The number of halogens is 1. The van der Waals surface area contributed by atoms with E-state index in [1.165, 1.54) is 11.3 Å². The van der Waals surface area contributed by atoms with Crippen molar-refractivity contribution in [1.29, 1.82) is 0 Å². The van der Waals surface area contributed by atoms with Gasteiger partial charge in [0.15, 0.2) is 5.01 Å². The summed E-state index contributed by atoms with van der Waals surface area (Å²) in [4.78, 5) is 6.36. The Morgan fingerprint density at radius 3 is 3.00 bits per heavy atom. The number of hydrogen-bond donors (Lipinski definition) is 0. The van der Waals surface area contributed by atoms with Gasteiger partial charge in [-0.25, -0.2) is 0 Å². The molecule has 1 aliphatic rings. The molecule has 0 radical (unpaired) electrons. The Morgan fingerprint density at radius 2 is 2.21 bits per heavy atom. The molecule has 24 heavy (non-hydrogen) atoms. The van der Waals surface area contributed by atoms with E-state index in [0.717, 1.165) is 34.9 Å². The van der Waals surface area contributed by atoms with Crippen molar-refractivity contribution in [1.82, 2.24) is 20.3 Å². The maximum Gasteiger partial charge on any atom is 0.233 e. The molecule has 1 fully saturated rings. The van der Waals surface area contributed by atoms with Crippen LogP contribution in [0.25, 0.3) is 10.8 Å². The Kier molecular flexibility index (Phi) is 4.19. The van der Waals surface area contributed by atoms with Gasteiger partial charge < -0.3 is 14.2 Å². The van der Waals surface area contributed by atoms with Crippen LogP contribution in [0.4, 0.5) is 5.13 Å². The summed E-state index contributed by atoms with van der Waals surface area (Å²) in [7, 11) is 0. The van der Waals surface area contributed by atoms with Gasteiger partial charge >= 0.3 is 0 Å². The number of benzene rings is 1. The maximum absolute atomic E-state index is 6.08. The van der Waals surface area contributed by atoms with Crippen LogP contribution in [-0.4, -0.2) is 39.5 Å². The van der Waals surface area contributed by atoms with Crippen molar-refractivity contribution in [3.05, 3.63) is 34.6 Å². The second-order valence-corrected chi connectivity index (χ2v) is 7.24. The highest BCUT2D eigenvalue weighted by atomic mass is 79.9. The quantitative estimate of drug-likeness (QED) is 0.656. The molecule has 1 saturated heterocycles. The lowest BCUT2D eigenvalue weighted by atomic mass is 10.3. The monoisotopic (exact) mass is 407 g/mol. The third-order valence-corrected chi connectivity index (χ3v) is 5.31. The van der Waals surface area contributed by atoms with E-state index in [1.807, 2.05) is 24.3 Å². The molecule has 0 bridgehead atoms. The summed E-state index contributed by atoms with van der Waals surface area (Å²) in [6.07, 6.45) is 1.07. The van der Waals surface area contributed by atoms with Gasteiger partial charge in [0.25, 0.3) is 0 Å². The van der Waals surface area contributed by atoms with E-state index in [9.17, 15) is 0 Å². The summed E-state index contributed by atoms with van der Waals surface area (Å²) in [6.45, 7) is 3.42. The van der Waals surface area contributed by atoms with Gasteiger partial charge in [-0.05, 0) is 28.1 Å². The van der Waals surface area contributed by atoms with Gasteiger partial charge in [0.2, 0.25) is 16.8 Å². The van der Waals surface area contributed by atoms with E-state index >= 15 is 0 Å². The molecule has 7 nitrogen and oxygen atoms in total. The van der Waals surface area contributed by atoms with Crippen molar-refractivity contribution in [2.45, 2.75) is 19.4 Å². The predicted octanol–water partition coefficient (Wildman–Crippen LogP) is 3.32. The van der Waals surface area contributed by atoms with Crippen LogP contribution in [0.15, 0.2) is 33.3 Å². The zero-order chi connectivity index (χ0) is 16.5. The Labute approximate surface area is 150 Å². The van der Waals surface area contributed by atoms with Gasteiger partial charge in [0.05, 0.1) is 11.0 Å². The maximum atomic E-state index is 6.08. The van der Waals surface area contributed by atoms with Crippen LogP contribution < -0.4 is 9.64 Å². The number of rotatable bonds is 4. The molecule has 2 aromatic heterocycles. The van der Waals surface area contributed by atoms with Crippen molar-refractivity contribution < 1.29 is 9.26 Å². The summed E-state index contributed by atoms with van der Waals surface area (Å²) >= 11 is 4.98. The first-order chi connectivity index (χ1) is 11.7. The molecular formula is C15H14BrN5O2S. The summed E-state index contributed by atoms with van der Waals surface area (Å²) in [5, 5.41) is 13.8. The van der Waals surface area contributed by atoms with Crippen LogP contribution in [0, 0.1) is 6.92 Å². The Balaban J connectivity index is 1.44. The molecule has 0 amide bonds. The third-order valence-electron chi connectivity index (χ3n) is 3.68. The first-order valence-corrected chi connectivity index (χ1v) is 9.10. The van der Waals surface area contributed by atoms with Crippen LogP contribution in [-0.2, 0) is 0 Å². The van der Waals surface area contributed by atoms with E-state index in [-0.39, 0.29) is 6.10 Å². The van der Waals surface area contributed by atoms with E-state index in [1.54, 1.807) is 6.92 Å². The van der Waals surface area contributed by atoms with Crippen molar-refractivity contribution >= 4 is 32.4 Å². The van der Waals surface area contributed by atoms with Crippen molar-refractivity contribution in [3.63, 3.8) is 0 Å². The molecule has 1 aromatic carbocycles. The van der Waals surface area contributed by atoms with Gasteiger partial charge in [0, 0.05) is 19.9 Å². The second-order valence-electron chi connectivity index (χ2n) is 5.43. The predicted molar refractivity (Wildman–Crippen MR) is 93.3 cm³/mol. The van der Waals surface area contributed by atoms with Gasteiger partial charge in [-0.1, -0.05) is 28.6 Å². The molecule has 4 rings (SSSR count). The minimum atomic E-state index is 0.128. The molecule has 9 heteroatoms. The molecule has 3 aromatic rings. The van der Waals surface area contributed by atoms with Gasteiger partial charge in [-0.3, -0.25) is 0 Å². The van der Waals surface area contributed by atoms with Crippen LogP contribution in [0.2, 0.25) is 0 Å². The van der Waals surface area contributed by atoms with E-state index in [0.29, 0.717) is 16.7 Å².